The van der Waals surface area contributed by atoms with Gasteiger partial charge in [0.2, 0.25) is 0 Å². The van der Waals surface area contributed by atoms with Gasteiger partial charge in [-0.3, -0.25) is 0 Å². The highest BCUT2D eigenvalue weighted by molar-refractivity contribution is 5.47. The molecule has 0 saturated carbocycles. The Morgan fingerprint density at radius 1 is 0.905 bits per heavy atom. The molecule has 112 valence electrons. The van der Waals surface area contributed by atoms with Crippen LogP contribution in [0.4, 0.5) is 5.69 Å². The first-order chi connectivity index (χ1) is 10.2. The molecule has 1 unspecified atom stereocenters. The molecule has 0 radical (unpaired) electrons. The molecule has 2 rings (SSSR count). The number of anilines is 1. The van der Waals surface area contributed by atoms with Gasteiger partial charge in [-0.25, -0.2) is 0 Å². The van der Waals surface area contributed by atoms with Crippen LogP contribution < -0.4 is 15.2 Å². The quantitative estimate of drug-likeness (QED) is 0.801. The van der Waals surface area contributed by atoms with Crippen molar-refractivity contribution in [2.45, 2.75) is 20.0 Å². The fraction of sp³-hybridized carbons (Fsp3) is 0.294. The smallest absolute Gasteiger partial charge is 0.161 e. The second kappa shape index (κ2) is 6.99. The Hall–Kier alpha value is -2.20. The minimum Gasteiger partial charge on any atom is -0.490 e. The number of aliphatic hydroxyl groups is 1. The zero-order valence-electron chi connectivity index (χ0n) is 12.4. The van der Waals surface area contributed by atoms with Crippen LogP contribution in [0.15, 0.2) is 42.5 Å². The van der Waals surface area contributed by atoms with Crippen LogP contribution in [0.2, 0.25) is 0 Å². The molecule has 4 nitrogen and oxygen atoms in total. The van der Waals surface area contributed by atoms with Crippen molar-refractivity contribution in [2.24, 2.45) is 0 Å². The number of aliphatic hydroxyl groups excluding tert-OH is 1. The summed E-state index contributed by atoms with van der Waals surface area (Å²) >= 11 is 0. The molecule has 0 spiro atoms. The summed E-state index contributed by atoms with van der Waals surface area (Å²) < 4.78 is 11.1. The Balaban J connectivity index is 2.30. The average Bonchev–Trinajstić information content (AvgIpc) is 2.49. The van der Waals surface area contributed by atoms with Gasteiger partial charge >= 0.3 is 0 Å². The number of nitrogen functional groups attached to an aromatic ring is 1. The molecule has 0 aliphatic heterocycles. The van der Waals surface area contributed by atoms with Gasteiger partial charge in [0.15, 0.2) is 11.5 Å². The summed E-state index contributed by atoms with van der Waals surface area (Å²) in [6, 6.07) is 12.7. The standard InChI is InChI=1S/C17H21NO3/c1-3-20-15-10-7-13(11-16(15)21-4-2)17(19)12-5-8-14(18)9-6-12/h5-11,17,19H,3-4,18H2,1-2H3. The predicted octanol–water partition coefficient (Wildman–Crippen LogP) is 3.15. The normalized spacial score (nSPS) is 12.0. The molecule has 2 aromatic rings. The lowest BCUT2D eigenvalue weighted by molar-refractivity contribution is 0.218. The van der Waals surface area contributed by atoms with Gasteiger partial charge in [0.1, 0.15) is 6.10 Å². The Morgan fingerprint density at radius 2 is 1.48 bits per heavy atom. The summed E-state index contributed by atoms with van der Waals surface area (Å²) in [5.41, 5.74) is 7.88. The van der Waals surface area contributed by atoms with Crippen molar-refractivity contribution >= 4 is 5.69 Å². The first-order valence-electron chi connectivity index (χ1n) is 7.08. The summed E-state index contributed by atoms with van der Waals surface area (Å²) in [5, 5.41) is 10.5. The van der Waals surface area contributed by atoms with Crippen LogP contribution in [-0.2, 0) is 0 Å². The number of benzene rings is 2. The maximum Gasteiger partial charge on any atom is 0.161 e. The second-order valence-corrected chi connectivity index (χ2v) is 4.64. The van der Waals surface area contributed by atoms with Gasteiger partial charge in [-0.15, -0.1) is 0 Å². The molecule has 0 fully saturated rings. The maximum atomic E-state index is 10.5. The monoisotopic (exact) mass is 287 g/mol. The molecule has 0 saturated heterocycles. The molecular formula is C17H21NO3. The van der Waals surface area contributed by atoms with E-state index < -0.39 is 6.10 Å². The van der Waals surface area contributed by atoms with Crippen molar-refractivity contribution in [3.8, 4) is 11.5 Å². The number of nitrogens with two attached hydrogens (primary N) is 1. The number of rotatable bonds is 6. The van der Waals surface area contributed by atoms with Gasteiger partial charge < -0.3 is 20.3 Å². The van der Waals surface area contributed by atoms with E-state index in [0.717, 1.165) is 11.1 Å². The lowest BCUT2D eigenvalue weighted by Gasteiger charge is -2.16. The first kappa shape index (κ1) is 15.2. The van der Waals surface area contributed by atoms with Crippen LogP contribution in [0.25, 0.3) is 0 Å². The SMILES string of the molecule is CCOc1ccc(C(O)c2ccc(N)cc2)cc1OCC. The molecule has 0 amide bonds. The lowest BCUT2D eigenvalue weighted by Crippen LogP contribution is -2.03. The van der Waals surface area contributed by atoms with E-state index in [4.69, 9.17) is 15.2 Å². The van der Waals surface area contributed by atoms with Gasteiger partial charge in [0.05, 0.1) is 13.2 Å². The van der Waals surface area contributed by atoms with E-state index in [9.17, 15) is 5.11 Å². The number of ether oxygens (including phenoxy) is 2. The van der Waals surface area contributed by atoms with Gasteiger partial charge in [-0.2, -0.15) is 0 Å². The van der Waals surface area contributed by atoms with Crippen LogP contribution in [-0.4, -0.2) is 18.3 Å². The molecule has 21 heavy (non-hydrogen) atoms. The number of hydrogen-bond acceptors (Lipinski definition) is 4. The van der Waals surface area contributed by atoms with Crippen molar-refractivity contribution in [2.75, 3.05) is 18.9 Å². The van der Waals surface area contributed by atoms with E-state index >= 15 is 0 Å². The highest BCUT2D eigenvalue weighted by atomic mass is 16.5. The molecule has 0 bridgehead atoms. The summed E-state index contributed by atoms with van der Waals surface area (Å²) in [7, 11) is 0. The molecule has 4 heteroatoms. The lowest BCUT2D eigenvalue weighted by atomic mass is 10.0. The maximum absolute atomic E-state index is 10.5. The molecule has 0 aliphatic rings. The van der Waals surface area contributed by atoms with Crippen LogP contribution in [0.5, 0.6) is 11.5 Å². The van der Waals surface area contributed by atoms with E-state index in [1.165, 1.54) is 0 Å². The van der Waals surface area contributed by atoms with Crippen LogP contribution in [0.3, 0.4) is 0 Å². The van der Waals surface area contributed by atoms with Crippen LogP contribution in [0, 0.1) is 0 Å². The van der Waals surface area contributed by atoms with E-state index in [2.05, 4.69) is 0 Å². The van der Waals surface area contributed by atoms with Crippen molar-refractivity contribution < 1.29 is 14.6 Å². The fourth-order valence-corrected chi connectivity index (χ4v) is 2.11. The van der Waals surface area contributed by atoms with Crippen LogP contribution in [0.1, 0.15) is 31.1 Å². The molecule has 2 aromatic carbocycles. The zero-order chi connectivity index (χ0) is 15.2. The Labute approximate surface area is 125 Å². The van der Waals surface area contributed by atoms with E-state index in [0.29, 0.717) is 30.4 Å². The van der Waals surface area contributed by atoms with Crippen molar-refractivity contribution in [1.82, 2.24) is 0 Å². The molecule has 3 N–H and O–H groups in total. The zero-order valence-corrected chi connectivity index (χ0v) is 12.4. The molecule has 1 atom stereocenters. The van der Waals surface area contributed by atoms with E-state index in [1.807, 2.05) is 44.2 Å². The van der Waals surface area contributed by atoms with Crippen molar-refractivity contribution in [3.63, 3.8) is 0 Å². The molecule has 0 aromatic heterocycles. The first-order valence-corrected chi connectivity index (χ1v) is 7.08. The van der Waals surface area contributed by atoms with Gasteiger partial charge in [0, 0.05) is 5.69 Å². The van der Waals surface area contributed by atoms with E-state index in [1.54, 1.807) is 12.1 Å². The Bertz CT molecular complexity index is 581. The number of hydrogen-bond donors (Lipinski definition) is 2. The van der Waals surface area contributed by atoms with Gasteiger partial charge in [0.25, 0.3) is 0 Å². The molecular weight excluding hydrogens is 266 g/mol. The van der Waals surface area contributed by atoms with Crippen LogP contribution >= 0.6 is 0 Å². The Morgan fingerprint density at radius 3 is 2.10 bits per heavy atom. The van der Waals surface area contributed by atoms with Gasteiger partial charge in [-0.05, 0) is 49.2 Å². The largest absolute Gasteiger partial charge is 0.490 e. The summed E-state index contributed by atoms with van der Waals surface area (Å²) in [6.45, 7) is 4.95. The van der Waals surface area contributed by atoms with E-state index in [-0.39, 0.29) is 0 Å². The minimum absolute atomic E-state index is 0.543. The predicted molar refractivity (Wildman–Crippen MR) is 83.7 cm³/mol. The third-order valence-corrected chi connectivity index (χ3v) is 3.14. The van der Waals surface area contributed by atoms with Crippen molar-refractivity contribution in [3.05, 3.63) is 53.6 Å². The fourth-order valence-electron chi connectivity index (χ4n) is 2.11. The summed E-state index contributed by atoms with van der Waals surface area (Å²) in [6.07, 6.45) is -0.722. The Kier molecular flexibility index (Phi) is 5.06. The second-order valence-electron chi connectivity index (χ2n) is 4.64. The van der Waals surface area contributed by atoms with Gasteiger partial charge in [-0.1, -0.05) is 18.2 Å². The average molecular weight is 287 g/mol. The molecule has 0 aliphatic carbocycles. The highest BCUT2D eigenvalue weighted by Gasteiger charge is 2.14. The third-order valence-electron chi connectivity index (χ3n) is 3.14. The minimum atomic E-state index is -0.722. The highest BCUT2D eigenvalue weighted by Crippen LogP contribution is 2.32. The topological polar surface area (TPSA) is 64.7 Å². The molecule has 0 heterocycles. The summed E-state index contributed by atoms with van der Waals surface area (Å²) in [4.78, 5) is 0. The van der Waals surface area contributed by atoms with Crippen molar-refractivity contribution in [1.29, 1.82) is 0 Å². The summed E-state index contributed by atoms with van der Waals surface area (Å²) in [5.74, 6) is 1.33. The third kappa shape index (κ3) is 3.67.